The number of carbonyl (C=O) groups is 11. The molecule has 0 heterocycles. The molecule has 14 N–H and O–H groups in total. The molecule has 0 aliphatic heterocycles. The van der Waals surface area contributed by atoms with Gasteiger partial charge in [0.05, 0.1) is 19.4 Å². The highest BCUT2D eigenvalue weighted by Crippen LogP contribution is 2.10. The van der Waals surface area contributed by atoms with Crippen molar-refractivity contribution in [1.29, 1.82) is 0 Å². The monoisotopic (exact) mass is 801 g/mol. The van der Waals surface area contributed by atoms with Gasteiger partial charge in [-0.05, 0) is 44.9 Å². The maximum absolute atomic E-state index is 13.5. The normalized spacial score (nSPS) is 14.7. The molecule has 0 bridgehead atoms. The molecule has 7 atom stereocenters. The van der Waals surface area contributed by atoms with Gasteiger partial charge in [0.25, 0.3) is 0 Å². The number of nitrogens with one attached hydrogen (secondary N) is 7. The molecule has 0 radical (unpaired) electrons. The lowest BCUT2D eigenvalue weighted by Gasteiger charge is -2.27. The molecular formula is C33H55N9O14. The minimum absolute atomic E-state index is 0.0295. The molecule has 23 heteroatoms. The lowest BCUT2D eigenvalue weighted by atomic mass is 10.0. The van der Waals surface area contributed by atoms with E-state index in [0.717, 1.165) is 6.92 Å². The van der Waals surface area contributed by atoms with Gasteiger partial charge >= 0.3 is 17.9 Å². The summed E-state index contributed by atoms with van der Waals surface area (Å²) in [7, 11) is 0. The summed E-state index contributed by atoms with van der Waals surface area (Å²) in [5.41, 5.74) is 10.5. The van der Waals surface area contributed by atoms with E-state index in [2.05, 4.69) is 31.9 Å². The summed E-state index contributed by atoms with van der Waals surface area (Å²) >= 11 is 0. The second-order valence-electron chi connectivity index (χ2n) is 13.8. The molecule has 8 amide bonds. The standard InChI is InChI=1S/C33H55N9O14/c1-14(2)9-19(29(51)36-16(5)27(49)39-21(11-25(45)46)30(52)37-17(6)33(55)56)41-32(54)22(12-26(47)48)42-31(53)20(10-15(3)4)40-28(50)18(7-8-23(35)43)38-24(44)13-34/h14-22H,7-13,34H2,1-6H3,(H2,35,43)(H,36,51)(H,37,52)(H,38,44)(H,39,49)(H,40,50)(H,41,54)(H,42,53)(H,45,46)(H,47,48)(H,55,56)/t16-,17-,18-,19-,20-,21-,22-/m0/s1. The van der Waals surface area contributed by atoms with Crippen LogP contribution < -0.4 is 48.7 Å². The number of amides is 8. The highest BCUT2D eigenvalue weighted by Gasteiger charge is 2.34. The lowest BCUT2D eigenvalue weighted by molar-refractivity contribution is -0.143. The molecule has 0 fully saturated rings. The van der Waals surface area contributed by atoms with E-state index >= 15 is 0 Å². The molecule has 56 heavy (non-hydrogen) atoms. The van der Waals surface area contributed by atoms with Gasteiger partial charge in [0.2, 0.25) is 47.3 Å². The average Bonchev–Trinajstić information content (AvgIpc) is 3.07. The first-order chi connectivity index (χ1) is 25.9. The first-order valence-electron chi connectivity index (χ1n) is 17.6. The Morgan fingerprint density at radius 3 is 1.23 bits per heavy atom. The van der Waals surface area contributed by atoms with Crippen LogP contribution in [-0.2, 0) is 52.7 Å². The number of rotatable bonds is 26. The van der Waals surface area contributed by atoms with Gasteiger partial charge < -0.3 is 64.0 Å². The number of hydrogen-bond donors (Lipinski definition) is 12. The number of hydrogen-bond acceptors (Lipinski definition) is 12. The van der Waals surface area contributed by atoms with Gasteiger partial charge in [-0.25, -0.2) is 0 Å². The average molecular weight is 802 g/mol. The van der Waals surface area contributed by atoms with E-state index in [9.17, 15) is 63.0 Å². The molecule has 0 aliphatic carbocycles. The molecule has 316 valence electrons. The van der Waals surface area contributed by atoms with Crippen LogP contribution in [0.5, 0.6) is 0 Å². The molecule has 0 saturated carbocycles. The van der Waals surface area contributed by atoms with E-state index in [1.54, 1.807) is 27.7 Å². The first-order valence-corrected chi connectivity index (χ1v) is 17.6. The summed E-state index contributed by atoms with van der Waals surface area (Å²) in [6, 6.07) is -10.6. The highest BCUT2D eigenvalue weighted by atomic mass is 16.4. The van der Waals surface area contributed by atoms with Crippen molar-refractivity contribution in [3.63, 3.8) is 0 Å². The molecule has 0 aromatic rings. The van der Waals surface area contributed by atoms with E-state index < -0.39 is 127 Å². The van der Waals surface area contributed by atoms with Crippen molar-refractivity contribution in [1.82, 2.24) is 37.2 Å². The third-order valence-electron chi connectivity index (χ3n) is 7.70. The number of nitrogens with two attached hydrogens (primary N) is 2. The van der Waals surface area contributed by atoms with E-state index in [-0.39, 0.29) is 37.5 Å². The Hall–Kier alpha value is -5.87. The molecule has 0 aliphatic rings. The number of aliphatic carboxylic acids is 3. The second-order valence-corrected chi connectivity index (χ2v) is 13.8. The molecule has 0 saturated heterocycles. The summed E-state index contributed by atoms with van der Waals surface area (Å²) in [6.45, 7) is 8.55. The Bertz CT molecular complexity index is 1470. The second kappa shape index (κ2) is 24.5. The van der Waals surface area contributed by atoms with Gasteiger partial charge in [-0.1, -0.05) is 27.7 Å². The van der Waals surface area contributed by atoms with Gasteiger partial charge in [0, 0.05) is 6.42 Å². The molecule has 0 spiro atoms. The zero-order valence-corrected chi connectivity index (χ0v) is 32.1. The Labute approximate surface area is 322 Å². The van der Waals surface area contributed by atoms with Crippen molar-refractivity contribution in [2.45, 2.75) is 122 Å². The van der Waals surface area contributed by atoms with Crippen LogP contribution in [0.25, 0.3) is 0 Å². The predicted octanol–water partition coefficient (Wildman–Crippen LogP) is -4.23. The molecule has 0 rings (SSSR count). The predicted molar refractivity (Wildman–Crippen MR) is 193 cm³/mol. The Kier molecular flexibility index (Phi) is 21.9. The minimum Gasteiger partial charge on any atom is -0.481 e. The Morgan fingerprint density at radius 2 is 0.839 bits per heavy atom. The smallest absolute Gasteiger partial charge is 0.325 e. The third-order valence-corrected chi connectivity index (χ3v) is 7.70. The topological polar surface area (TPSA) is 385 Å². The van der Waals surface area contributed by atoms with Crippen LogP contribution in [0, 0.1) is 11.8 Å². The largest absolute Gasteiger partial charge is 0.481 e. The molecule has 0 aromatic heterocycles. The summed E-state index contributed by atoms with van der Waals surface area (Å²) < 4.78 is 0. The fourth-order valence-electron chi connectivity index (χ4n) is 4.85. The minimum atomic E-state index is -1.80. The zero-order valence-electron chi connectivity index (χ0n) is 32.1. The lowest BCUT2D eigenvalue weighted by Crippen LogP contribution is -2.60. The number of carboxylic acids is 3. The molecule has 0 aromatic carbocycles. The summed E-state index contributed by atoms with van der Waals surface area (Å²) in [6.07, 6.45) is -2.55. The van der Waals surface area contributed by atoms with Gasteiger partial charge in [0.1, 0.15) is 42.3 Å². The van der Waals surface area contributed by atoms with E-state index in [1.807, 2.05) is 5.32 Å². The zero-order chi connectivity index (χ0) is 43.4. The van der Waals surface area contributed by atoms with Crippen molar-refractivity contribution in [3.05, 3.63) is 0 Å². The Balaban J connectivity index is 6.15. The number of carbonyl (C=O) groups excluding carboxylic acids is 8. The van der Waals surface area contributed by atoms with Crippen LogP contribution in [0.2, 0.25) is 0 Å². The van der Waals surface area contributed by atoms with Crippen molar-refractivity contribution < 1.29 is 68.1 Å². The van der Waals surface area contributed by atoms with Crippen LogP contribution in [0.15, 0.2) is 0 Å². The maximum atomic E-state index is 13.5. The summed E-state index contributed by atoms with van der Waals surface area (Å²) in [5.74, 6) is -12.7. The SMILES string of the molecule is CC(C)C[C@H](NC(=O)[C@H](CC(=O)O)NC(=O)[C@H](CC(C)C)NC(=O)[C@H](CCC(N)=O)NC(=O)CN)C(=O)N[C@@H](C)C(=O)N[C@@H](CC(=O)O)C(=O)N[C@@H](C)C(=O)O. The van der Waals surface area contributed by atoms with Crippen LogP contribution in [0.3, 0.4) is 0 Å². The number of carboxylic acid groups (broad SMARTS) is 3. The molecular weight excluding hydrogens is 746 g/mol. The maximum Gasteiger partial charge on any atom is 0.325 e. The van der Waals surface area contributed by atoms with Crippen LogP contribution in [-0.4, -0.2) is 129 Å². The van der Waals surface area contributed by atoms with Crippen molar-refractivity contribution in [2.24, 2.45) is 23.3 Å². The van der Waals surface area contributed by atoms with Crippen molar-refractivity contribution in [2.75, 3.05) is 6.54 Å². The quantitative estimate of drug-likeness (QED) is 0.0394. The van der Waals surface area contributed by atoms with Crippen LogP contribution in [0.4, 0.5) is 0 Å². The van der Waals surface area contributed by atoms with Gasteiger partial charge in [0.15, 0.2) is 0 Å². The first kappa shape index (κ1) is 50.1. The molecule has 0 unspecified atom stereocenters. The van der Waals surface area contributed by atoms with E-state index in [4.69, 9.17) is 16.6 Å². The van der Waals surface area contributed by atoms with Crippen LogP contribution in [0.1, 0.15) is 80.1 Å². The van der Waals surface area contributed by atoms with E-state index in [0.29, 0.717) is 0 Å². The van der Waals surface area contributed by atoms with Gasteiger partial charge in [-0.15, -0.1) is 0 Å². The van der Waals surface area contributed by atoms with Gasteiger partial charge in [-0.3, -0.25) is 52.7 Å². The van der Waals surface area contributed by atoms with E-state index in [1.165, 1.54) is 6.92 Å². The van der Waals surface area contributed by atoms with Crippen molar-refractivity contribution in [3.8, 4) is 0 Å². The summed E-state index contributed by atoms with van der Waals surface area (Å²) in [5, 5.41) is 43.7. The molecule has 23 nitrogen and oxygen atoms in total. The fraction of sp³-hybridized carbons (Fsp3) is 0.667. The van der Waals surface area contributed by atoms with Crippen molar-refractivity contribution >= 4 is 65.2 Å². The fourth-order valence-corrected chi connectivity index (χ4v) is 4.85. The summed E-state index contributed by atoms with van der Waals surface area (Å²) in [4.78, 5) is 136. The number of primary amides is 1. The highest BCUT2D eigenvalue weighted by molar-refractivity contribution is 5.98. The Morgan fingerprint density at radius 1 is 0.482 bits per heavy atom. The third kappa shape index (κ3) is 20.0. The van der Waals surface area contributed by atoms with Crippen LogP contribution >= 0.6 is 0 Å². The van der Waals surface area contributed by atoms with Gasteiger partial charge in [-0.2, -0.15) is 0 Å².